The molecule has 23 nitrogen and oxygen atoms in total. The summed E-state index contributed by atoms with van der Waals surface area (Å²) in [5.41, 5.74) is 15.3. The summed E-state index contributed by atoms with van der Waals surface area (Å²) in [6.45, 7) is 17.7. The fourth-order valence-electron chi connectivity index (χ4n) is 15.0. The molecule has 117 heavy (non-hydrogen) atoms. The quantitative estimate of drug-likeness (QED) is 0.0193. The number of hydrogen-bond donors (Lipinski definition) is 5. The number of fused-ring (bicyclic) bond motifs is 9. The Morgan fingerprint density at radius 1 is 0.368 bits per heavy atom. The van der Waals surface area contributed by atoms with E-state index in [0.29, 0.717) is 25.8 Å². The Bertz CT molecular complexity index is 4650. The third kappa shape index (κ3) is 23.7. The number of ether oxygens (including phenoxy) is 3. The smallest absolute Gasteiger partial charge is 0.407 e. The maximum absolute atomic E-state index is 13.5. The van der Waals surface area contributed by atoms with Gasteiger partial charge in [-0.05, 0) is 128 Å². The van der Waals surface area contributed by atoms with Crippen LogP contribution in [0, 0.1) is 17.8 Å². The van der Waals surface area contributed by atoms with Crippen molar-refractivity contribution < 1.29 is 76.8 Å². The Morgan fingerprint density at radius 3 is 0.906 bits per heavy atom. The highest BCUT2D eigenvalue weighted by atomic mass is 28.4. The molecule has 8 aromatic carbocycles. The zero-order valence-corrected chi connectivity index (χ0v) is 70.2. The summed E-state index contributed by atoms with van der Waals surface area (Å²) >= 11 is 0. The van der Waals surface area contributed by atoms with Crippen LogP contribution >= 0.6 is 0 Å². The molecule has 24 heteroatoms. The van der Waals surface area contributed by atoms with Gasteiger partial charge in [-0.2, -0.15) is 0 Å². The lowest BCUT2D eigenvalue weighted by Crippen LogP contribution is -2.50. The number of nitrogens with zero attached hydrogens (tertiary/aromatic N) is 4. The van der Waals surface area contributed by atoms with Gasteiger partial charge >= 0.3 is 36.2 Å². The molecule has 0 fully saturated rings. The lowest BCUT2D eigenvalue weighted by Gasteiger charge is -2.30. The Balaban J connectivity index is 0.000000210. The molecule has 7 amide bonds. The summed E-state index contributed by atoms with van der Waals surface area (Å²) in [5.74, 6) is -4.45. The van der Waals surface area contributed by atoms with Crippen LogP contribution in [0.3, 0.4) is 0 Å². The maximum atomic E-state index is 13.5. The molecule has 11 rings (SSSR count). The second-order valence-electron chi connectivity index (χ2n) is 31.9. The van der Waals surface area contributed by atoms with E-state index in [9.17, 15) is 53.1 Å². The van der Waals surface area contributed by atoms with Gasteiger partial charge in [0, 0.05) is 84.7 Å². The fourth-order valence-corrected chi connectivity index (χ4v) is 15.7. The minimum Gasteiger partial charge on any atom is -0.518 e. The van der Waals surface area contributed by atoms with Crippen molar-refractivity contribution in [3.8, 4) is 33.4 Å². The van der Waals surface area contributed by atoms with Gasteiger partial charge in [0.05, 0.1) is 0 Å². The lowest BCUT2D eigenvalue weighted by molar-refractivity contribution is -0.149. The molecule has 0 radical (unpaired) electrons. The van der Waals surface area contributed by atoms with E-state index >= 15 is 0 Å². The molecule has 0 spiro atoms. The summed E-state index contributed by atoms with van der Waals surface area (Å²) in [6, 6.07) is 62.9. The second-order valence-corrected chi connectivity index (χ2v) is 36.4. The third-order valence-electron chi connectivity index (χ3n) is 21.4. The fraction of sp³-hybridized carbons (Fsp3) is 0.376. The highest BCUT2D eigenvalue weighted by molar-refractivity contribution is 6.71. The van der Waals surface area contributed by atoms with E-state index < -0.39 is 74.7 Å². The van der Waals surface area contributed by atoms with Crippen molar-refractivity contribution >= 4 is 68.1 Å². The van der Waals surface area contributed by atoms with Crippen molar-refractivity contribution in [3.05, 3.63) is 251 Å². The van der Waals surface area contributed by atoms with Gasteiger partial charge < -0.3 is 64.4 Å². The standard InChI is InChI=1S/C38H49N3O6Si.C35H41N3O6.C20H21NO4/c1-26(2)35(39-38(45)46-25-32-30-20-13-11-18-28(30)29-19-12-14-21-31(29)32)36(43)40(3)23-15-22-34(42)41(4)33(37(44)47-48(5,6)7)24-27-16-9-8-10-17-27;1-23(2)32(36-35(43)44-22-29-27-17-10-8-15-25(27)26-16-9-11-18-28(26)29)33(40)37(3)20-12-19-31(39)38(4)30(34(41)42)21-24-13-6-5-7-14-24;1-12(2)18(19(22)23)21-20(24)25-11-17-15-9-5-3-7-13(15)14-8-4-6-10-16(14)17/h8-14,16-21,26,32-33,35H,15,22-25H2,1-7H3,(H,39,45);5-11,13-18,23,29-30,32H,12,19-22H2,1-4H3,(H,36,43)(H,41,42);3-10,12,17-18H,11H2,1-2H3,(H,21,24)(H,22,23)/t33-,35-;30-,32-;18-/m000/s1. The molecule has 3 aliphatic rings. The van der Waals surface area contributed by atoms with Crippen LogP contribution in [0.4, 0.5) is 14.4 Å². The zero-order valence-electron chi connectivity index (χ0n) is 69.2. The van der Waals surface area contributed by atoms with Crippen molar-refractivity contribution in [2.45, 2.75) is 148 Å². The van der Waals surface area contributed by atoms with Crippen LogP contribution in [-0.4, -0.2) is 189 Å². The van der Waals surface area contributed by atoms with Crippen LogP contribution in [0.25, 0.3) is 33.4 Å². The predicted molar refractivity (Wildman–Crippen MR) is 452 cm³/mol. The molecule has 0 aliphatic heterocycles. The average molecular weight is 1610 g/mol. The van der Waals surface area contributed by atoms with Crippen LogP contribution in [0.2, 0.25) is 19.6 Å². The van der Waals surface area contributed by atoms with E-state index in [2.05, 4.69) is 64.5 Å². The van der Waals surface area contributed by atoms with Crippen molar-refractivity contribution in [2.24, 2.45) is 17.8 Å². The number of carbonyl (C=O) groups excluding carboxylic acids is 8. The topological polar surface area (TPSA) is 297 Å². The van der Waals surface area contributed by atoms with Crippen molar-refractivity contribution in [3.63, 3.8) is 0 Å². The first kappa shape index (κ1) is 89.0. The largest absolute Gasteiger partial charge is 0.518 e. The van der Waals surface area contributed by atoms with E-state index in [4.69, 9.17) is 23.7 Å². The zero-order chi connectivity index (χ0) is 84.8. The number of nitrogens with one attached hydrogen (secondary N) is 3. The Kier molecular flexibility index (Phi) is 31.6. The number of carboxylic acid groups (broad SMARTS) is 2. The van der Waals surface area contributed by atoms with E-state index in [1.165, 1.54) is 26.6 Å². The van der Waals surface area contributed by atoms with Crippen LogP contribution in [0.5, 0.6) is 0 Å². The number of carbonyl (C=O) groups is 10. The molecular weight excluding hydrogens is 1500 g/mol. The lowest BCUT2D eigenvalue weighted by atomic mass is 9.98. The maximum Gasteiger partial charge on any atom is 0.407 e. The molecule has 0 saturated carbocycles. The van der Waals surface area contributed by atoms with Crippen LogP contribution in [-0.2, 0) is 65.0 Å². The second kappa shape index (κ2) is 41.6. The average Bonchev–Trinajstić information content (AvgIpc) is 1.63. The molecule has 0 saturated heterocycles. The predicted octanol–water partition coefficient (Wildman–Crippen LogP) is 14.8. The van der Waals surface area contributed by atoms with Crippen LogP contribution in [0.1, 0.15) is 129 Å². The van der Waals surface area contributed by atoms with Crippen LogP contribution < -0.4 is 16.0 Å². The molecular formula is C93H111N7O16Si. The molecule has 5 N–H and O–H groups in total. The van der Waals surface area contributed by atoms with E-state index in [0.717, 1.165) is 77.9 Å². The molecule has 618 valence electrons. The van der Waals surface area contributed by atoms with E-state index in [1.807, 2.05) is 205 Å². The van der Waals surface area contributed by atoms with E-state index in [1.54, 1.807) is 35.0 Å². The van der Waals surface area contributed by atoms with Crippen molar-refractivity contribution in [1.29, 1.82) is 0 Å². The molecule has 0 aromatic heterocycles. The van der Waals surface area contributed by atoms with Gasteiger partial charge in [0.1, 0.15) is 50.0 Å². The van der Waals surface area contributed by atoms with Crippen molar-refractivity contribution in [2.75, 3.05) is 61.1 Å². The molecule has 3 aliphatic carbocycles. The molecule has 0 bridgehead atoms. The summed E-state index contributed by atoms with van der Waals surface area (Å²) in [7, 11) is 4.23. The number of likely N-dealkylation sites (N-methyl/N-ethyl adjacent to an activating group) is 4. The van der Waals surface area contributed by atoms with Crippen molar-refractivity contribution in [1.82, 2.24) is 35.6 Å². The molecule has 0 heterocycles. The number of amides is 7. The van der Waals surface area contributed by atoms with Gasteiger partial charge in [0.2, 0.25) is 31.9 Å². The summed E-state index contributed by atoms with van der Waals surface area (Å²) in [6.07, 6.45) is -0.503. The number of carboxylic acids is 2. The Hall–Kier alpha value is -11.9. The Morgan fingerprint density at radius 2 is 0.632 bits per heavy atom. The molecule has 0 unspecified atom stereocenters. The number of alkyl carbamates (subject to hydrolysis) is 3. The monoisotopic (exact) mass is 1610 g/mol. The van der Waals surface area contributed by atoms with Gasteiger partial charge in [0.25, 0.3) is 0 Å². The van der Waals surface area contributed by atoms with Gasteiger partial charge in [-0.15, -0.1) is 0 Å². The molecule has 5 atom stereocenters. The minimum absolute atomic E-state index is 0.0412. The molecule has 8 aromatic rings. The first-order valence-electron chi connectivity index (χ1n) is 40.0. The first-order chi connectivity index (χ1) is 55.8. The highest BCUT2D eigenvalue weighted by Crippen LogP contribution is 2.47. The number of hydrogen-bond acceptors (Lipinski definition) is 14. The number of rotatable bonds is 32. The first-order valence-corrected chi connectivity index (χ1v) is 43.4. The highest BCUT2D eigenvalue weighted by Gasteiger charge is 2.38. The summed E-state index contributed by atoms with van der Waals surface area (Å²) < 4.78 is 22.5. The normalized spacial score (nSPS) is 13.6. The van der Waals surface area contributed by atoms with Crippen LogP contribution in [0.15, 0.2) is 206 Å². The SMILES string of the molecule is CC(C)[C@H](NC(=O)OCC1c2ccccc2-c2ccccc21)C(=O)N(C)CCCC(=O)N(C)[C@@H](Cc1ccccc1)C(=O)O.CC(C)[C@H](NC(=O)OCC1c2ccccc2-c2ccccc21)C(=O)N(C)CCCC(=O)N(C)[C@@H](Cc1ccccc1)C(=O)O[Si](C)(C)C.CC(C)[C@H](NC(=O)OCC1c2ccccc2-c2ccccc21)C(=O)O. The number of benzene rings is 8. The number of aliphatic carboxylic acids is 2. The van der Waals surface area contributed by atoms with Gasteiger partial charge in [-0.3, -0.25) is 24.0 Å². The van der Waals surface area contributed by atoms with Gasteiger partial charge in [-0.25, -0.2) is 24.0 Å². The van der Waals surface area contributed by atoms with Gasteiger partial charge in [0.15, 0.2) is 0 Å². The van der Waals surface area contributed by atoms with Gasteiger partial charge in [-0.1, -0.05) is 248 Å². The Labute approximate surface area is 687 Å². The minimum atomic E-state index is -2.18. The van der Waals surface area contributed by atoms with E-state index in [-0.39, 0.29) is 105 Å². The summed E-state index contributed by atoms with van der Waals surface area (Å²) in [5, 5.41) is 26.8. The summed E-state index contributed by atoms with van der Waals surface area (Å²) in [4.78, 5) is 133. The third-order valence-corrected chi connectivity index (χ3v) is 22.2.